The largest absolute Gasteiger partial charge is 0.495 e. The minimum atomic E-state index is -1.67. The van der Waals surface area contributed by atoms with Crippen molar-refractivity contribution in [1.82, 2.24) is 0 Å². The molecule has 2 aromatic carbocycles. The molecule has 0 bridgehead atoms. The van der Waals surface area contributed by atoms with Crippen molar-refractivity contribution in [2.75, 3.05) is 35.9 Å². The number of carbonyl (C=O) groups is 2. The molecule has 144 valence electrons. The number of nitrogens with one attached hydrogen (secondary N) is 1. The zero-order valence-corrected chi connectivity index (χ0v) is 17.0. The average molecular weight is 429 g/mol. The van der Waals surface area contributed by atoms with E-state index in [1.165, 1.54) is 24.1 Å². The molecule has 0 aliphatic heterocycles. The first-order valence-corrected chi connectivity index (χ1v) is 10.1. The molecule has 0 saturated carbocycles. The Morgan fingerprint density at radius 2 is 1.78 bits per heavy atom. The molecule has 2 amide bonds. The molecule has 0 spiro atoms. The lowest BCUT2D eigenvalue weighted by Gasteiger charge is -2.17. The zero-order valence-electron chi connectivity index (χ0n) is 14.7. The van der Waals surface area contributed by atoms with Crippen LogP contribution in [-0.2, 0) is 20.4 Å². The van der Waals surface area contributed by atoms with Crippen molar-refractivity contribution in [3.63, 3.8) is 0 Å². The van der Waals surface area contributed by atoms with Crippen molar-refractivity contribution in [3.8, 4) is 5.75 Å². The van der Waals surface area contributed by atoms with Crippen LogP contribution in [0.25, 0.3) is 0 Å². The number of hydrogen-bond donors (Lipinski definition) is 1. The summed E-state index contributed by atoms with van der Waals surface area (Å²) in [4.78, 5) is 25.7. The van der Waals surface area contributed by atoms with E-state index in [1.54, 1.807) is 31.3 Å². The predicted molar refractivity (Wildman–Crippen MR) is 109 cm³/mol. The number of hydrogen-bond acceptors (Lipinski definition) is 4. The summed E-state index contributed by atoms with van der Waals surface area (Å²) in [5, 5.41) is 3.08. The maximum atomic E-state index is 12.2. The average Bonchev–Trinajstić information content (AvgIpc) is 2.63. The predicted octanol–water partition coefficient (Wildman–Crippen LogP) is 3.35. The summed E-state index contributed by atoms with van der Waals surface area (Å²) in [5.74, 6) is -1.14. The van der Waals surface area contributed by atoms with Crippen LogP contribution in [0.1, 0.15) is 0 Å². The zero-order chi connectivity index (χ0) is 20.0. The van der Waals surface area contributed by atoms with Crippen molar-refractivity contribution in [3.05, 3.63) is 52.5 Å². The van der Waals surface area contributed by atoms with Crippen molar-refractivity contribution in [2.24, 2.45) is 0 Å². The Labute approximate surface area is 169 Å². The molecule has 1 N–H and O–H groups in total. The van der Waals surface area contributed by atoms with Crippen molar-refractivity contribution >= 4 is 57.2 Å². The number of para-hydroxylation sites is 1. The maximum Gasteiger partial charge on any atom is 0.239 e. The first-order chi connectivity index (χ1) is 12.8. The van der Waals surface area contributed by atoms with Gasteiger partial charge in [0.2, 0.25) is 11.8 Å². The molecule has 0 saturated heterocycles. The van der Waals surface area contributed by atoms with E-state index in [0.717, 1.165) is 0 Å². The molecular weight excluding hydrogens is 411 g/mol. The first-order valence-electron chi connectivity index (χ1n) is 7.81. The monoisotopic (exact) mass is 428 g/mol. The number of anilines is 2. The van der Waals surface area contributed by atoms with E-state index in [2.05, 4.69) is 5.32 Å². The fourth-order valence-corrected chi connectivity index (χ4v) is 3.64. The van der Waals surface area contributed by atoms with Crippen molar-refractivity contribution in [1.29, 1.82) is 0 Å². The molecular formula is C18H18Cl2N2O4S. The van der Waals surface area contributed by atoms with Gasteiger partial charge in [0.25, 0.3) is 0 Å². The second-order valence-electron chi connectivity index (χ2n) is 5.53. The summed E-state index contributed by atoms with van der Waals surface area (Å²) in [7, 11) is 1.36. The molecule has 1 atom stereocenters. The van der Waals surface area contributed by atoms with E-state index in [4.69, 9.17) is 27.9 Å². The third-order valence-corrected chi connectivity index (χ3v) is 5.37. The number of methoxy groups -OCH3 is 1. The Morgan fingerprint density at radius 1 is 1.11 bits per heavy atom. The second kappa shape index (κ2) is 9.73. The molecule has 0 radical (unpaired) electrons. The topological polar surface area (TPSA) is 75.7 Å². The lowest BCUT2D eigenvalue weighted by atomic mass is 10.3. The van der Waals surface area contributed by atoms with Gasteiger partial charge in [-0.3, -0.25) is 13.8 Å². The summed E-state index contributed by atoms with van der Waals surface area (Å²) in [6.07, 6.45) is 0. The molecule has 0 aromatic heterocycles. The van der Waals surface area contributed by atoms with E-state index >= 15 is 0 Å². The fourth-order valence-electron chi connectivity index (χ4n) is 2.20. The van der Waals surface area contributed by atoms with Gasteiger partial charge in [0, 0.05) is 29.6 Å². The van der Waals surface area contributed by atoms with Crippen LogP contribution in [0.15, 0.2) is 42.5 Å². The van der Waals surface area contributed by atoms with Crippen LogP contribution in [0.4, 0.5) is 11.4 Å². The quantitative estimate of drug-likeness (QED) is 0.733. The number of ether oxygens (including phenoxy) is 1. The number of halogens is 2. The van der Waals surface area contributed by atoms with Gasteiger partial charge in [-0.2, -0.15) is 0 Å². The highest BCUT2D eigenvalue weighted by atomic mass is 35.5. The molecule has 0 fully saturated rings. The first kappa shape index (κ1) is 21.2. The number of benzene rings is 2. The molecule has 0 aliphatic rings. The van der Waals surface area contributed by atoms with Gasteiger partial charge in [-0.05, 0) is 18.2 Å². The van der Waals surface area contributed by atoms with Crippen LogP contribution in [-0.4, -0.2) is 41.7 Å². The van der Waals surface area contributed by atoms with Gasteiger partial charge < -0.3 is 15.0 Å². The van der Waals surface area contributed by atoms with Crippen molar-refractivity contribution in [2.45, 2.75) is 0 Å². The summed E-state index contributed by atoms with van der Waals surface area (Å²) < 4.78 is 17.2. The highest BCUT2D eigenvalue weighted by Crippen LogP contribution is 2.33. The second-order valence-corrected chi connectivity index (χ2v) is 7.80. The van der Waals surface area contributed by atoms with Gasteiger partial charge in [-0.1, -0.05) is 41.4 Å². The van der Waals surface area contributed by atoms with Gasteiger partial charge in [0.1, 0.15) is 17.3 Å². The van der Waals surface area contributed by atoms with Crippen molar-refractivity contribution < 1.29 is 18.5 Å². The lowest BCUT2D eigenvalue weighted by molar-refractivity contribution is -0.116. The number of amides is 2. The third-order valence-electron chi connectivity index (χ3n) is 3.61. The van der Waals surface area contributed by atoms with Gasteiger partial charge in [-0.15, -0.1) is 0 Å². The fraction of sp³-hybridized carbons (Fsp3) is 0.222. The number of nitrogens with zero attached hydrogens (tertiary/aromatic N) is 1. The maximum absolute atomic E-state index is 12.2. The standard InChI is InChI=1S/C18H18Cl2N2O4S/c1-22(12-6-4-3-5-7-12)18(24)11-27(25)10-17(23)21-15-9-16(26-2)14(20)8-13(15)19/h3-9H,10-11H2,1-2H3,(H,21,23)/t27-/m0/s1. The van der Waals surface area contributed by atoms with Crippen LogP contribution in [0, 0.1) is 0 Å². The Bertz CT molecular complexity index is 862. The molecule has 9 heteroatoms. The molecule has 6 nitrogen and oxygen atoms in total. The molecule has 27 heavy (non-hydrogen) atoms. The summed E-state index contributed by atoms with van der Waals surface area (Å²) in [6.45, 7) is 0. The number of carbonyl (C=O) groups excluding carboxylic acids is 2. The smallest absolute Gasteiger partial charge is 0.239 e. The molecule has 2 aromatic rings. The highest BCUT2D eigenvalue weighted by Gasteiger charge is 2.18. The van der Waals surface area contributed by atoms with E-state index in [-0.39, 0.29) is 28.1 Å². The van der Waals surface area contributed by atoms with E-state index in [0.29, 0.717) is 16.5 Å². The van der Waals surface area contributed by atoms with Gasteiger partial charge >= 0.3 is 0 Å². The lowest BCUT2D eigenvalue weighted by Crippen LogP contribution is -2.33. The van der Waals surface area contributed by atoms with Gasteiger partial charge in [0.15, 0.2) is 0 Å². The minimum absolute atomic E-state index is 0.222. The van der Waals surface area contributed by atoms with Gasteiger partial charge in [0.05, 0.1) is 22.8 Å². The molecule has 0 unspecified atom stereocenters. The SMILES string of the molecule is COc1cc(NC(=O)C[S@](=O)CC(=O)N(C)c2ccccc2)c(Cl)cc1Cl. The normalized spacial score (nSPS) is 11.6. The van der Waals surface area contributed by atoms with Gasteiger partial charge in [-0.25, -0.2) is 0 Å². The van der Waals surface area contributed by atoms with E-state index < -0.39 is 16.7 Å². The Morgan fingerprint density at radius 3 is 2.41 bits per heavy atom. The highest BCUT2D eigenvalue weighted by molar-refractivity contribution is 7.86. The minimum Gasteiger partial charge on any atom is -0.495 e. The van der Waals surface area contributed by atoms with Crippen LogP contribution in [0.2, 0.25) is 10.0 Å². The van der Waals surface area contributed by atoms with E-state index in [1.807, 2.05) is 6.07 Å². The Hall–Kier alpha value is -2.09. The molecule has 0 heterocycles. The summed E-state index contributed by atoms with van der Waals surface area (Å²) >= 11 is 12.0. The Balaban J connectivity index is 1.94. The Kier molecular flexibility index (Phi) is 7.65. The van der Waals surface area contributed by atoms with Crippen LogP contribution >= 0.6 is 23.2 Å². The van der Waals surface area contributed by atoms with E-state index in [9.17, 15) is 13.8 Å². The van der Waals surface area contributed by atoms with Crippen LogP contribution in [0.3, 0.4) is 0 Å². The van der Waals surface area contributed by atoms with Crippen LogP contribution < -0.4 is 15.0 Å². The molecule has 2 rings (SSSR count). The molecule has 0 aliphatic carbocycles. The summed E-state index contributed by atoms with van der Waals surface area (Å²) in [5.41, 5.74) is 0.969. The number of rotatable bonds is 7. The third kappa shape index (κ3) is 5.95. The summed E-state index contributed by atoms with van der Waals surface area (Å²) in [6, 6.07) is 11.9. The van der Waals surface area contributed by atoms with Crippen LogP contribution in [0.5, 0.6) is 5.75 Å².